The molecule has 37 nitrogen and oxygen atoms in total. The van der Waals surface area contributed by atoms with Gasteiger partial charge in [-0.3, -0.25) is 28.5 Å². The highest BCUT2D eigenvalue weighted by Crippen LogP contribution is 2.43. The molecule has 11 aliphatic heterocycles. The van der Waals surface area contributed by atoms with Gasteiger partial charge in [0.05, 0.1) is 91.6 Å². The van der Waals surface area contributed by atoms with E-state index in [9.17, 15) is 68.7 Å². The van der Waals surface area contributed by atoms with E-state index in [1.54, 1.807) is 47.9 Å². The Kier molecular flexibility index (Phi) is 33.5. The van der Waals surface area contributed by atoms with E-state index in [4.69, 9.17) is 57.6 Å². The minimum absolute atomic E-state index is 0.0113. The van der Waals surface area contributed by atoms with Crippen molar-refractivity contribution in [1.29, 1.82) is 0 Å². The van der Waals surface area contributed by atoms with E-state index in [2.05, 4.69) is 57.6 Å². The van der Waals surface area contributed by atoms with E-state index in [0.717, 1.165) is 67.5 Å². The Hall–Kier alpha value is -14.7. The molecule has 1 aromatic heterocycles. The zero-order valence-corrected chi connectivity index (χ0v) is 77.8. The molecule has 3 atom stereocenters. The lowest BCUT2D eigenvalue weighted by Gasteiger charge is -2.41. The van der Waals surface area contributed by atoms with E-state index in [-0.39, 0.29) is 170 Å². The van der Waals surface area contributed by atoms with E-state index in [1.165, 1.54) is 106 Å². The first-order chi connectivity index (χ1) is 68.0. The van der Waals surface area contributed by atoms with Crippen molar-refractivity contribution in [3.63, 3.8) is 0 Å². The van der Waals surface area contributed by atoms with Crippen LogP contribution in [0.15, 0.2) is 186 Å². The number of ketones is 1. The van der Waals surface area contributed by atoms with Crippen LogP contribution in [0.1, 0.15) is 117 Å². The number of amides is 9. The van der Waals surface area contributed by atoms with Crippen molar-refractivity contribution in [2.75, 3.05) is 107 Å². The summed E-state index contributed by atoms with van der Waals surface area (Å²) in [7, 11) is 3.09. The fourth-order valence-electron chi connectivity index (χ4n) is 15.3. The van der Waals surface area contributed by atoms with Gasteiger partial charge in [-0.2, -0.15) is 15.3 Å². The molecule has 744 valence electrons. The number of anilines is 4. The average molecular weight is 1990 g/mol. The van der Waals surface area contributed by atoms with Crippen molar-refractivity contribution in [2.45, 2.75) is 138 Å². The molecule has 0 spiro atoms. The van der Waals surface area contributed by atoms with Crippen molar-refractivity contribution < 1.29 is 126 Å². The molecule has 3 aliphatic carbocycles. The molecule has 9 amide bonds. The van der Waals surface area contributed by atoms with E-state index in [1.807, 2.05) is 91.0 Å². The van der Waals surface area contributed by atoms with E-state index >= 15 is 0 Å². The maximum absolute atomic E-state index is 14.3. The number of aliphatic hydroxyl groups is 1. The second-order valence-corrected chi connectivity index (χ2v) is 37.1. The minimum atomic E-state index is -3.19. The fraction of sp³-hybridized carbons (Fsp3) is 0.361. The molecule has 0 radical (unpaired) electrons. The number of nitrogens with zero attached hydrogens (tertiary/aromatic N) is 10. The summed E-state index contributed by atoms with van der Waals surface area (Å²) in [6.45, 7) is 2.25. The molecule has 141 heavy (non-hydrogen) atoms. The lowest BCUT2D eigenvalue weighted by molar-refractivity contribution is -0.121. The number of aliphatic hydroxyl groups excluding tert-OH is 1. The Morgan fingerprint density at radius 3 is 1.09 bits per heavy atom. The maximum Gasteiger partial charge on any atom is 0.350 e. The molecule has 8 aromatic carbocycles. The lowest BCUT2D eigenvalue weighted by Crippen LogP contribution is -2.58. The molecular weight excluding hydrogens is 1890 g/mol. The Morgan fingerprint density at radius 1 is 0.447 bits per heavy atom. The number of aromatic nitrogens is 2. The van der Waals surface area contributed by atoms with Gasteiger partial charge in [-0.25, -0.2) is 64.8 Å². The highest BCUT2D eigenvalue weighted by molar-refractivity contribution is 8.13. The van der Waals surface area contributed by atoms with Crippen LogP contribution in [0.5, 0.6) is 57.5 Å². The number of carbonyl (C=O) groups excluding carboxylic acids is 8. The van der Waals surface area contributed by atoms with Crippen LogP contribution >= 0.6 is 10.7 Å². The second-order valence-electron chi connectivity index (χ2n) is 34.0. The van der Waals surface area contributed by atoms with Gasteiger partial charge in [0.15, 0.2) is 90.0 Å². The van der Waals surface area contributed by atoms with Gasteiger partial charge in [0.25, 0.3) is 23.6 Å². The first-order valence-corrected chi connectivity index (χ1v) is 48.1. The molecular formula is C97H101ClF5N15O22S. The first-order valence-electron chi connectivity index (χ1n) is 45.3. The fourth-order valence-corrected chi connectivity index (χ4v) is 15.3. The zero-order chi connectivity index (χ0) is 99.4. The van der Waals surface area contributed by atoms with Crippen LogP contribution in [0, 0.1) is 29.1 Å². The number of methoxy groups -OCH3 is 1. The van der Waals surface area contributed by atoms with Crippen molar-refractivity contribution >= 4 is 109 Å². The van der Waals surface area contributed by atoms with Crippen molar-refractivity contribution in [1.82, 2.24) is 39.7 Å². The van der Waals surface area contributed by atoms with Gasteiger partial charge in [-0.1, -0.05) is 91.0 Å². The minimum Gasteiger partial charge on any atom is -0.505 e. The third-order valence-electron chi connectivity index (χ3n) is 23.6. The van der Waals surface area contributed by atoms with Crippen LogP contribution in [0.25, 0.3) is 0 Å². The standard InChI is InChI=1S/2C21H19FN4O4.C13H12N4O.C12H12FNO3.C11H11FN2O3.C9H7FO3.C5H10O.C4H8O.CH3ClO2S/c2*22-15-8-19-16(24-20(27)12-29-19)9-18(15)30-14-10-25(11-14)21(28)26-17(6-7-23-26)13-4-2-1-3-5-13;18-13(16-9-8-14-10-16)17-12(6-7-15-17)11-4-2-1-3-5-11;13-8-4-11-9(14-12(15)6-16-11)5-10(8)17-7-2-1-3-7;12-7-1-10-8(14-11(15)5-16-10)2-9(7)17-6-3-13-4-6;10-7-3-9-5(2-8(7)12)1-6(11)4-13-9;1-6-5-3-2-4-5;5-4-2-1-3-4;1-5(2,3)4/h2*1-5,7-9,14,17H,6,10-12H2,(H,24,27);1-5,7-10,12H,6H2;4-5,7H,1-3,6H2,(H,14,15);1-2,6,13H,3-5H2,(H,14,15);2-3,12H,1,4H2;5H,2-4H2,1H3;4-5H,1-3H2;1H3/t2*17-;;;;;;;/m10......./s1. The molecule has 14 aliphatic rings. The summed E-state index contributed by atoms with van der Waals surface area (Å²) < 4.78 is 142. The van der Waals surface area contributed by atoms with Crippen molar-refractivity contribution in [2.24, 2.45) is 15.3 Å². The molecule has 0 bridgehead atoms. The number of hydrogen-bond donors (Lipinski definition) is 7. The van der Waals surface area contributed by atoms with Crippen LogP contribution in [-0.4, -0.2) is 241 Å². The number of phenolic OH excluding ortho intramolecular Hbond substituents is 1. The molecule has 6 fully saturated rings. The van der Waals surface area contributed by atoms with Crippen LogP contribution in [0.4, 0.5) is 59.1 Å². The molecule has 12 heterocycles. The Labute approximate surface area is 810 Å². The quantitative estimate of drug-likeness (QED) is 0.0441. The van der Waals surface area contributed by atoms with Gasteiger partial charge < -0.3 is 94.0 Å². The highest BCUT2D eigenvalue weighted by Gasteiger charge is 2.42. The summed E-state index contributed by atoms with van der Waals surface area (Å²) >= 11 is 0. The molecule has 9 aromatic rings. The Balaban J connectivity index is 0.000000126. The second kappa shape index (κ2) is 46.8. The van der Waals surface area contributed by atoms with Gasteiger partial charge in [0.1, 0.15) is 60.0 Å². The summed E-state index contributed by atoms with van der Waals surface area (Å²) in [4.78, 5) is 101. The normalized spacial score (nSPS) is 19.2. The predicted molar refractivity (Wildman–Crippen MR) is 503 cm³/mol. The van der Waals surface area contributed by atoms with E-state index in [0.29, 0.717) is 104 Å². The summed E-state index contributed by atoms with van der Waals surface area (Å²) in [5.74, 6) is -2.53. The van der Waals surface area contributed by atoms with Crippen LogP contribution in [0.2, 0.25) is 0 Å². The first kappa shape index (κ1) is 101. The van der Waals surface area contributed by atoms with E-state index < -0.39 is 43.9 Å². The number of imidazole rings is 1. The third kappa shape index (κ3) is 27.1. The lowest BCUT2D eigenvalue weighted by atomic mass is 9.96. The zero-order valence-electron chi connectivity index (χ0n) is 76.3. The number of urea groups is 2. The molecule has 44 heteroatoms. The Bertz CT molecular complexity index is 5940. The predicted octanol–water partition coefficient (Wildman–Crippen LogP) is 13.4. The number of carbonyl (C=O) groups is 8. The molecule has 7 N–H and O–H groups in total. The topological polar surface area (TPSA) is 435 Å². The largest absolute Gasteiger partial charge is 0.505 e. The number of aromatic hydroxyl groups is 1. The number of hydrogen-bond acceptors (Lipinski definition) is 27. The number of rotatable bonds is 12. The highest BCUT2D eigenvalue weighted by atomic mass is 35.7. The van der Waals surface area contributed by atoms with Crippen LogP contribution < -0.4 is 69.2 Å². The average Bonchev–Trinajstić information content (AvgIpc) is 1.78. The van der Waals surface area contributed by atoms with Crippen LogP contribution in [0.3, 0.4) is 0 Å². The summed E-state index contributed by atoms with van der Waals surface area (Å²) in [6.07, 6.45) is 23.5. The molecule has 23 rings (SSSR count). The van der Waals surface area contributed by atoms with Gasteiger partial charge in [-0.15, -0.1) is 0 Å². The van der Waals surface area contributed by atoms with Crippen LogP contribution in [-0.2, 0) is 44.2 Å². The number of benzene rings is 8. The summed E-state index contributed by atoms with van der Waals surface area (Å²) in [5.41, 5.74) is 5.33. The summed E-state index contributed by atoms with van der Waals surface area (Å²) in [6, 6.07) is 41.5. The Morgan fingerprint density at radius 2 is 0.780 bits per heavy atom. The third-order valence-corrected chi connectivity index (χ3v) is 23.6. The molecule has 3 saturated heterocycles. The smallest absolute Gasteiger partial charge is 0.350 e. The molecule has 1 unspecified atom stereocenters. The number of phenols is 1. The van der Waals surface area contributed by atoms with Gasteiger partial charge >= 0.3 is 18.1 Å². The van der Waals surface area contributed by atoms with Gasteiger partial charge in [-0.05, 0) is 80.5 Å². The summed E-state index contributed by atoms with van der Waals surface area (Å²) in [5, 5.41) is 48.1. The van der Waals surface area contributed by atoms with Crippen molar-refractivity contribution in [3.8, 4) is 57.5 Å². The monoisotopic (exact) mass is 1990 g/mol. The number of nitrogens with one attached hydrogen (secondary N) is 5. The number of ether oxygens (including phenoxy) is 10. The SMILES string of the molecule is COC1CCC1.CS(=O)(=O)Cl.O=C(N1N=CCC1c1ccccc1)n1ccnc1.O=C1COc2cc(F)c(O)cc2C1.O=C1COc2cc(F)c(OC3CCC3)cc2N1.O=C1COc2cc(F)c(OC3CN(C(=O)N4N=CC[C@@H]4c4ccccc4)C3)cc2N1.O=C1COc2cc(F)c(OC3CN(C(=O)N4N=CC[C@H]4c4ccccc4)C3)cc2N1.O=C1COc2cc(F)c(OC3CNC3)cc2N1.OC1CCC1. The number of likely N-dealkylation sites (tertiary alicyclic amines) is 2. The number of fused-ring (bicyclic) bond motifs is 5. The van der Waals surface area contributed by atoms with Gasteiger partial charge in [0, 0.05) is 148 Å². The van der Waals surface area contributed by atoms with Gasteiger partial charge in [0.2, 0.25) is 9.05 Å². The number of Topliss-reactive ketones (excluding diaryl/α,β-unsaturated/α-hetero) is 1. The number of hydrazone groups is 3. The molecule has 3 saturated carbocycles. The number of halogens is 6. The van der Waals surface area contributed by atoms with Crippen molar-refractivity contribution in [3.05, 3.63) is 222 Å². The maximum atomic E-state index is 14.3.